The summed E-state index contributed by atoms with van der Waals surface area (Å²) in [5.74, 6) is 0.730. The summed E-state index contributed by atoms with van der Waals surface area (Å²) in [5.41, 5.74) is 6.45. The van der Waals surface area contributed by atoms with Crippen LogP contribution < -0.4 is 5.73 Å². The first kappa shape index (κ1) is 12.1. The molecule has 0 spiro atoms. The van der Waals surface area contributed by atoms with E-state index in [1.165, 1.54) is 4.90 Å². The van der Waals surface area contributed by atoms with Crippen molar-refractivity contribution in [2.24, 2.45) is 5.73 Å². The highest BCUT2D eigenvalue weighted by molar-refractivity contribution is 7.98. The lowest BCUT2D eigenvalue weighted by atomic mass is 10.2. The van der Waals surface area contributed by atoms with Gasteiger partial charge in [0, 0.05) is 10.5 Å². The third kappa shape index (κ3) is 2.66. The second kappa shape index (κ2) is 5.31. The largest absolute Gasteiger partial charge is 0.394 e. The van der Waals surface area contributed by atoms with E-state index in [4.69, 9.17) is 15.4 Å². The molecule has 0 aliphatic rings. The molecule has 1 aromatic carbocycles. The quantitative estimate of drug-likeness (QED) is 0.800. The molecule has 0 unspecified atom stereocenters. The van der Waals surface area contributed by atoms with Crippen molar-refractivity contribution < 1.29 is 9.63 Å². The second-order valence-electron chi connectivity index (χ2n) is 3.47. The van der Waals surface area contributed by atoms with Gasteiger partial charge in [0.15, 0.2) is 0 Å². The fourth-order valence-corrected chi connectivity index (χ4v) is 1.73. The maximum atomic E-state index is 8.88. The third-order valence-corrected chi connectivity index (χ3v) is 3.05. The molecule has 1 heterocycles. The van der Waals surface area contributed by atoms with Crippen LogP contribution in [0.15, 0.2) is 33.7 Å². The predicted molar refractivity (Wildman–Crippen MR) is 65.5 cm³/mol. The summed E-state index contributed by atoms with van der Waals surface area (Å²) < 4.78 is 4.98. The Morgan fingerprint density at radius 3 is 2.71 bits per heavy atom. The lowest BCUT2D eigenvalue weighted by molar-refractivity contribution is 0.237. The molecule has 1 atom stereocenters. The number of thioether (sulfide) groups is 1. The smallest absolute Gasteiger partial charge is 0.246 e. The molecule has 0 aliphatic carbocycles. The van der Waals surface area contributed by atoms with Gasteiger partial charge in [-0.3, -0.25) is 0 Å². The first-order valence-corrected chi connectivity index (χ1v) is 6.31. The highest BCUT2D eigenvalue weighted by Crippen LogP contribution is 2.21. The van der Waals surface area contributed by atoms with Gasteiger partial charge in [-0.25, -0.2) is 0 Å². The van der Waals surface area contributed by atoms with E-state index < -0.39 is 6.04 Å². The minimum atomic E-state index is -0.623. The number of aliphatic hydroxyl groups is 1. The Morgan fingerprint density at radius 2 is 2.12 bits per heavy atom. The molecule has 2 aromatic rings. The SMILES string of the molecule is CSc1ccc(-c2noc([C@@H](N)CO)n2)cc1. The molecular formula is C11H13N3O2S. The normalized spacial score (nSPS) is 12.6. The molecule has 3 N–H and O–H groups in total. The molecule has 5 nitrogen and oxygen atoms in total. The van der Waals surface area contributed by atoms with Gasteiger partial charge >= 0.3 is 0 Å². The first-order valence-electron chi connectivity index (χ1n) is 5.09. The summed E-state index contributed by atoms with van der Waals surface area (Å²) in [6.07, 6.45) is 2.02. The summed E-state index contributed by atoms with van der Waals surface area (Å²) >= 11 is 1.67. The Labute approximate surface area is 103 Å². The van der Waals surface area contributed by atoms with E-state index in [0.29, 0.717) is 5.82 Å². The molecule has 0 aliphatic heterocycles. The molecule has 17 heavy (non-hydrogen) atoms. The van der Waals surface area contributed by atoms with Gasteiger partial charge in [0.05, 0.1) is 6.61 Å². The van der Waals surface area contributed by atoms with Crippen molar-refractivity contribution in [2.75, 3.05) is 12.9 Å². The monoisotopic (exact) mass is 251 g/mol. The van der Waals surface area contributed by atoms with E-state index in [2.05, 4.69) is 10.1 Å². The minimum absolute atomic E-state index is 0.215. The average Bonchev–Trinajstić information content (AvgIpc) is 2.87. The highest BCUT2D eigenvalue weighted by atomic mass is 32.2. The Hall–Kier alpha value is -1.37. The zero-order valence-electron chi connectivity index (χ0n) is 9.33. The van der Waals surface area contributed by atoms with E-state index in [0.717, 1.165) is 5.56 Å². The molecule has 0 bridgehead atoms. The van der Waals surface area contributed by atoms with Crippen LogP contribution in [0.3, 0.4) is 0 Å². The van der Waals surface area contributed by atoms with E-state index >= 15 is 0 Å². The zero-order chi connectivity index (χ0) is 12.3. The van der Waals surface area contributed by atoms with Crippen molar-refractivity contribution in [3.8, 4) is 11.4 Å². The standard InChI is InChI=1S/C11H13N3O2S/c1-17-8-4-2-7(3-5-8)10-13-11(16-14-10)9(12)6-15/h2-5,9,15H,6,12H2,1H3/t9-/m0/s1. The van der Waals surface area contributed by atoms with Crippen molar-refractivity contribution in [1.82, 2.24) is 10.1 Å². The molecule has 2 rings (SSSR count). The lowest BCUT2D eigenvalue weighted by Crippen LogP contribution is -2.14. The Kier molecular flexibility index (Phi) is 3.78. The first-order chi connectivity index (χ1) is 8.24. The topological polar surface area (TPSA) is 85.2 Å². The van der Waals surface area contributed by atoms with Gasteiger partial charge in [0.25, 0.3) is 0 Å². The van der Waals surface area contributed by atoms with Crippen molar-refractivity contribution in [3.63, 3.8) is 0 Å². The second-order valence-corrected chi connectivity index (χ2v) is 4.35. The van der Waals surface area contributed by atoms with Gasteiger partial charge in [-0.1, -0.05) is 5.16 Å². The number of nitrogens with two attached hydrogens (primary N) is 1. The summed E-state index contributed by atoms with van der Waals surface area (Å²) in [7, 11) is 0. The molecule has 0 saturated carbocycles. The molecule has 0 fully saturated rings. The van der Waals surface area contributed by atoms with Gasteiger partial charge in [-0.15, -0.1) is 11.8 Å². The summed E-state index contributed by atoms with van der Waals surface area (Å²) in [4.78, 5) is 5.31. The molecule has 0 saturated heterocycles. The number of aliphatic hydroxyl groups excluding tert-OH is 1. The Morgan fingerprint density at radius 1 is 1.41 bits per heavy atom. The number of hydrogen-bond donors (Lipinski definition) is 2. The fourth-order valence-electron chi connectivity index (χ4n) is 1.32. The van der Waals surface area contributed by atoms with E-state index in [1.54, 1.807) is 11.8 Å². The van der Waals surface area contributed by atoms with Crippen LogP contribution in [0, 0.1) is 0 Å². The van der Waals surface area contributed by atoms with Gasteiger partial charge in [-0.2, -0.15) is 4.98 Å². The number of hydrogen-bond acceptors (Lipinski definition) is 6. The summed E-state index contributed by atoms with van der Waals surface area (Å²) in [6, 6.07) is 7.20. The van der Waals surface area contributed by atoms with Gasteiger partial charge in [0.2, 0.25) is 11.7 Å². The molecular weight excluding hydrogens is 238 g/mol. The van der Waals surface area contributed by atoms with E-state index in [1.807, 2.05) is 30.5 Å². The van der Waals surface area contributed by atoms with E-state index in [9.17, 15) is 0 Å². The van der Waals surface area contributed by atoms with Crippen molar-refractivity contribution in [2.45, 2.75) is 10.9 Å². The Balaban J connectivity index is 2.24. The highest BCUT2D eigenvalue weighted by Gasteiger charge is 2.14. The maximum Gasteiger partial charge on any atom is 0.246 e. The lowest BCUT2D eigenvalue weighted by Gasteiger charge is -1.99. The van der Waals surface area contributed by atoms with Crippen LogP contribution in [0.25, 0.3) is 11.4 Å². The molecule has 6 heteroatoms. The van der Waals surface area contributed by atoms with Crippen LogP contribution in [0.1, 0.15) is 11.9 Å². The van der Waals surface area contributed by atoms with Crippen LogP contribution in [0.5, 0.6) is 0 Å². The molecule has 0 radical (unpaired) electrons. The Bertz CT molecular complexity index is 484. The predicted octanol–water partition coefficient (Wildman–Crippen LogP) is 1.45. The van der Waals surface area contributed by atoms with Gasteiger partial charge < -0.3 is 15.4 Å². The maximum absolute atomic E-state index is 8.88. The van der Waals surface area contributed by atoms with Crippen molar-refractivity contribution in [3.05, 3.63) is 30.2 Å². The van der Waals surface area contributed by atoms with Crippen LogP contribution in [-0.4, -0.2) is 28.1 Å². The van der Waals surface area contributed by atoms with Crippen LogP contribution in [-0.2, 0) is 0 Å². The van der Waals surface area contributed by atoms with Gasteiger partial charge in [-0.05, 0) is 30.5 Å². The number of nitrogens with zero attached hydrogens (tertiary/aromatic N) is 2. The summed E-state index contributed by atoms with van der Waals surface area (Å²) in [5, 5.41) is 12.7. The molecule has 1 aromatic heterocycles. The minimum Gasteiger partial charge on any atom is -0.394 e. The number of benzene rings is 1. The van der Waals surface area contributed by atoms with Gasteiger partial charge in [0.1, 0.15) is 6.04 Å². The average molecular weight is 251 g/mol. The van der Waals surface area contributed by atoms with Crippen molar-refractivity contribution >= 4 is 11.8 Å². The molecule has 0 amide bonds. The number of aromatic nitrogens is 2. The fraction of sp³-hybridized carbons (Fsp3) is 0.273. The van der Waals surface area contributed by atoms with Crippen LogP contribution in [0.4, 0.5) is 0 Å². The molecule has 90 valence electrons. The van der Waals surface area contributed by atoms with Crippen molar-refractivity contribution in [1.29, 1.82) is 0 Å². The summed E-state index contributed by atoms with van der Waals surface area (Å²) in [6.45, 7) is -0.215. The van der Waals surface area contributed by atoms with E-state index in [-0.39, 0.29) is 12.5 Å². The van der Waals surface area contributed by atoms with Crippen LogP contribution in [0.2, 0.25) is 0 Å². The van der Waals surface area contributed by atoms with Crippen LogP contribution >= 0.6 is 11.8 Å². The third-order valence-electron chi connectivity index (χ3n) is 2.30. The zero-order valence-corrected chi connectivity index (χ0v) is 10.1. The number of rotatable bonds is 4.